The predicted octanol–water partition coefficient (Wildman–Crippen LogP) is 2.29. The normalized spacial score (nSPS) is 11.7. The van der Waals surface area contributed by atoms with E-state index in [9.17, 15) is 8.42 Å². The lowest BCUT2D eigenvalue weighted by Crippen LogP contribution is -2.23. The summed E-state index contributed by atoms with van der Waals surface area (Å²) >= 11 is 6.66. The molecule has 0 aliphatic rings. The van der Waals surface area contributed by atoms with Crippen LogP contribution >= 0.6 is 22.9 Å². The molecule has 0 saturated heterocycles. The van der Waals surface area contributed by atoms with Crippen LogP contribution in [0.4, 0.5) is 0 Å². The first kappa shape index (κ1) is 14.4. The summed E-state index contributed by atoms with van der Waals surface area (Å²) in [5.74, 6) is 0. The van der Waals surface area contributed by atoms with Gasteiger partial charge in [0.2, 0.25) is 0 Å². The van der Waals surface area contributed by atoms with Gasteiger partial charge in [-0.3, -0.25) is 4.98 Å². The van der Waals surface area contributed by atoms with Crippen LogP contribution in [0.2, 0.25) is 4.47 Å². The van der Waals surface area contributed by atoms with Crippen LogP contribution in [0.5, 0.6) is 0 Å². The van der Waals surface area contributed by atoms with Gasteiger partial charge in [-0.2, -0.15) is 0 Å². The summed E-state index contributed by atoms with van der Waals surface area (Å²) < 4.78 is 27.1. The summed E-state index contributed by atoms with van der Waals surface area (Å²) in [5, 5.41) is 0. The molecule has 2 aromatic heterocycles. The van der Waals surface area contributed by atoms with Crippen LogP contribution in [0.15, 0.2) is 22.5 Å². The number of halogens is 1. The number of rotatable bonds is 4. The first-order valence-corrected chi connectivity index (χ1v) is 8.10. The third-order valence-corrected chi connectivity index (χ3v) is 5.68. The van der Waals surface area contributed by atoms with Crippen LogP contribution in [0.1, 0.15) is 17.0 Å². The quantitative estimate of drug-likeness (QED) is 0.939. The molecule has 2 rings (SSSR count). The van der Waals surface area contributed by atoms with Crippen LogP contribution in [0, 0.1) is 13.8 Å². The molecule has 0 radical (unpaired) electrons. The minimum absolute atomic E-state index is 0.151. The molecule has 0 aromatic carbocycles. The highest BCUT2D eigenvalue weighted by Gasteiger charge is 2.21. The Morgan fingerprint density at radius 1 is 1.37 bits per heavy atom. The maximum absolute atomic E-state index is 12.1. The molecular formula is C11H12ClN3O2S2. The maximum atomic E-state index is 12.1. The van der Waals surface area contributed by atoms with E-state index in [1.54, 1.807) is 13.1 Å². The van der Waals surface area contributed by atoms with Gasteiger partial charge in [0.15, 0.2) is 8.68 Å². The Hall–Kier alpha value is -1.02. The summed E-state index contributed by atoms with van der Waals surface area (Å²) in [4.78, 5) is 8.00. The summed E-state index contributed by atoms with van der Waals surface area (Å²) in [5.41, 5.74) is 2.09. The second kappa shape index (κ2) is 5.54. The fourth-order valence-corrected chi connectivity index (χ4v) is 4.25. The molecule has 2 aromatic rings. The lowest BCUT2D eigenvalue weighted by atomic mass is 10.2. The molecule has 0 bridgehead atoms. The third-order valence-electron chi connectivity index (χ3n) is 2.41. The van der Waals surface area contributed by atoms with Crippen LogP contribution in [-0.4, -0.2) is 18.4 Å². The van der Waals surface area contributed by atoms with Crippen molar-refractivity contribution in [2.45, 2.75) is 24.6 Å². The average molecular weight is 318 g/mol. The van der Waals surface area contributed by atoms with Crippen molar-refractivity contribution < 1.29 is 8.42 Å². The van der Waals surface area contributed by atoms with Crippen LogP contribution in [-0.2, 0) is 16.6 Å². The van der Waals surface area contributed by atoms with Crippen molar-refractivity contribution in [3.8, 4) is 0 Å². The van der Waals surface area contributed by atoms with Gasteiger partial charge >= 0.3 is 0 Å². The van der Waals surface area contributed by atoms with E-state index in [-0.39, 0.29) is 15.2 Å². The first-order chi connectivity index (χ1) is 8.88. The Labute approximate surface area is 120 Å². The molecule has 8 heteroatoms. The van der Waals surface area contributed by atoms with E-state index in [1.165, 1.54) is 0 Å². The molecular weight excluding hydrogens is 306 g/mol. The monoisotopic (exact) mass is 317 g/mol. The predicted molar refractivity (Wildman–Crippen MR) is 74.9 cm³/mol. The Bertz CT molecular complexity index is 680. The smallest absolute Gasteiger partial charge is 0.252 e. The molecule has 19 heavy (non-hydrogen) atoms. The molecule has 0 saturated carbocycles. The van der Waals surface area contributed by atoms with Crippen LogP contribution in [0.3, 0.4) is 0 Å². The topological polar surface area (TPSA) is 72.0 Å². The fourth-order valence-electron chi connectivity index (χ4n) is 1.45. The van der Waals surface area contributed by atoms with E-state index in [0.717, 1.165) is 22.6 Å². The van der Waals surface area contributed by atoms with Crippen molar-refractivity contribution in [1.82, 2.24) is 14.7 Å². The Balaban J connectivity index is 2.14. The van der Waals surface area contributed by atoms with E-state index in [1.807, 2.05) is 19.1 Å². The highest BCUT2D eigenvalue weighted by atomic mass is 35.5. The molecule has 0 amide bonds. The molecule has 1 N–H and O–H groups in total. The third kappa shape index (κ3) is 3.50. The number of hydrogen-bond acceptors (Lipinski definition) is 5. The molecule has 0 atom stereocenters. The number of nitrogens with one attached hydrogen (secondary N) is 1. The number of thiazole rings is 1. The lowest BCUT2D eigenvalue weighted by molar-refractivity contribution is 0.582. The summed E-state index contributed by atoms with van der Waals surface area (Å²) in [6.45, 7) is 3.67. The summed E-state index contributed by atoms with van der Waals surface area (Å²) in [6.07, 6.45) is 1.64. The number of sulfonamides is 1. The summed E-state index contributed by atoms with van der Waals surface area (Å²) in [7, 11) is -3.58. The molecule has 0 unspecified atom stereocenters. The van der Waals surface area contributed by atoms with Gasteiger partial charge in [0.25, 0.3) is 10.0 Å². The van der Waals surface area contributed by atoms with Crippen LogP contribution in [0.25, 0.3) is 0 Å². The number of pyridine rings is 1. The number of aryl methyl sites for hydroxylation is 2. The van der Waals surface area contributed by atoms with Gasteiger partial charge < -0.3 is 0 Å². The largest absolute Gasteiger partial charge is 0.261 e. The van der Waals surface area contributed by atoms with Crippen LogP contribution < -0.4 is 4.72 Å². The highest BCUT2D eigenvalue weighted by molar-refractivity contribution is 7.91. The van der Waals surface area contributed by atoms with Crippen molar-refractivity contribution in [2.75, 3.05) is 0 Å². The van der Waals surface area contributed by atoms with Gasteiger partial charge in [0.05, 0.1) is 5.69 Å². The van der Waals surface area contributed by atoms with Gasteiger partial charge in [-0.05, 0) is 25.5 Å². The standard InChI is InChI=1S/C11H12ClN3O2S2/c1-7-3-4-9(5-13-7)6-14-19(16,17)10-8(2)15-11(12)18-10/h3-5,14H,6H2,1-2H3. The van der Waals surface area contributed by atoms with E-state index < -0.39 is 10.0 Å². The van der Waals surface area contributed by atoms with Crippen molar-refractivity contribution >= 4 is 33.0 Å². The molecule has 5 nitrogen and oxygen atoms in total. The SMILES string of the molecule is Cc1ccc(CNS(=O)(=O)c2sc(Cl)nc2C)cn1. The Kier molecular flexibility index (Phi) is 4.19. The minimum Gasteiger partial charge on any atom is -0.261 e. The Morgan fingerprint density at radius 2 is 2.11 bits per heavy atom. The number of nitrogens with zero attached hydrogens (tertiary/aromatic N) is 2. The second-order valence-corrected chi connectivity index (χ2v) is 7.52. The van der Waals surface area contributed by atoms with E-state index >= 15 is 0 Å². The zero-order valence-corrected chi connectivity index (χ0v) is 12.7. The first-order valence-electron chi connectivity index (χ1n) is 5.42. The Morgan fingerprint density at radius 3 is 2.63 bits per heavy atom. The van der Waals surface area contributed by atoms with E-state index in [4.69, 9.17) is 11.6 Å². The van der Waals surface area contributed by atoms with Crippen molar-refractivity contribution in [3.05, 3.63) is 39.7 Å². The molecule has 0 aliphatic carbocycles. The van der Waals surface area contributed by atoms with Gasteiger partial charge in [-0.25, -0.2) is 18.1 Å². The molecule has 0 aliphatic heterocycles. The molecule has 0 fully saturated rings. The average Bonchev–Trinajstić information content (AvgIpc) is 2.69. The molecule has 2 heterocycles. The summed E-state index contributed by atoms with van der Waals surface area (Å²) in [6, 6.07) is 3.66. The number of aromatic nitrogens is 2. The van der Waals surface area contributed by atoms with Gasteiger partial charge in [-0.15, -0.1) is 0 Å². The lowest BCUT2D eigenvalue weighted by Gasteiger charge is -2.05. The van der Waals surface area contributed by atoms with Gasteiger partial charge in [-0.1, -0.05) is 29.0 Å². The zero-order chi connectivity index (χ0) is 14.0. The van der Waals surface area contributed by atoms with Crippen molar-refractivity contribution in [3.63, 3.8) is 0 Å². The molecule has 0 spiro atoms. The highest BCUT2D eigenvalue weighted by Crippen LogP contribution is 2.26. The maximum Gasteiger partial charge on any atom is 0.252 e. The van der Waals surface area contributed by atoms with E-state index in [0.29, 0.717) is 5.69 Å². The van der Waals surface area contributed by atoms with Crippen molar-refractivity contribution in [1.29, 1.82) is 0 Å². The second-order valence-electron chi connectivity index (χ2n) is 3.97. The van der Waals surface area contributed by atoms with Gasteiger partial charge in [0.1, 0.15) is 0 Å². The van der Waals surface area contributed by atoms with E-state index in [2.05, 4.69) is 14.7 Å². The number of hydrogen-bond donors (Lipinski definition) is 1. The minimum atomic E-state index is -3.58. The fraction of sp³-hybridized carbons (Fsp3) is 0.273. The zero-order valence-electron chi connectivity index (χ0n) is 10.3. The molecule has 102 valence electrons. The van der Waals surface area contributed by atoms with Gasteiger partial charge in [0, 0.05) is 18.4 Å². The van der Waals surface area contributed by atoms with Crippen molar-refractivity contribution in [2.24, 2.45) is 0 Å².